The molecule has 0 fully saturated rings. The Kier molecular flexibility index (Phi) is 6.57. The zero-order valence-corrected chi connectivity index (χ0v) is 27.9. The van der Waals surface area contributed by atoms with Crippen molar-refractivity contribution in [1.29, 1.82) is 0 Å². The molecule has 2 heteroatoms. The van der Waals surface area contributed by atoms with Crippen LogP contribution < -0.4 is 0 Å². The van der Waals surface area contributed by atoms with Gasteiger partial charge in [0, 0.05) is 0 Å². The van der Waals surface area contributed by atoms with Gasteiger partial charge < -0.3 is 0 Å². The molecular formula is C43H37ClSi. The monoisotopic (exact) mass is 616 g/mol. The van der Waals surface area contributed by atoms with E-state index in [1.807, 2.05) is 0 Å². The van der Waals surface area contributed by atoms with Gasteiger partial charge >= 0.3 is 0 Å². The van der Waals surface area contributed by atoms with Crippen molar-refractivity contribution in [1.82, 2.24) is 0 Å². The van der Waals surface area contributed by atoms with E-state index < -0.39 is 17.5 Å². The smallest absolute Gasteiger partial charge is 0.164 e. The van der Waals surface area contributed by atoms with Gasteiger partial charge in [0.25, 0.3) is 0 Å². The topological polar surface area (TPSA) is 0 Å². The molecule has 0 spiro atoms. The van der Waals surface area contributed by atoms with Gasteiger partial charge in [0.15, 0.2) is 7.38 Å². The van der Waals surface area contributed by atoms with Crippen LogP contribution in [0.1, 0.15) is 37.8 Å². The van der Waals surface area contributed by atoms with Crippen LogP contribution in [0.2, 0.25) is 6.55 Å². The van der Waals surface area contributed by atoms with Crippen LogP contribution in [0.5, 0.6) is 0 Å². The molecule has 0 saturated heterocycles. The average Bonchev–Trinajstić information content (AvgIpc) is 3.24. The fourth-order valence-electron chi connectivity index (χ4n) is 9.31. The maximum absolute atomic E-state index is 8.95. The van der Waals surface area contributed by atoms with Gasteiger partial charge in [-0.3, -0.25) is 0 Å². The van der Waals surface area contributed by atoms with E-state index in [4.69, 9.17) is 11.1 Å². The van der Waals surface area contributed by atoms with Crippen molar-refractivity contribution < 1.29 is 0 Å². The van der Waals surface area contributed by atoms with E-state index in [-0.39, 0.29) is 0 Å². The molecule has 2 atom stereocenters. The number of fused-ring (bicyclic) bond motifs is 2. The molecule has 45 heavy (non-hydrogen) atoms. The summed E-state index contributed by atoms with van der Waals surface area (Å²) in [4.78, 5) is 0. The summed E-state index contributed by atoms with van der Waals surface area (Å²) in [5.74, 6) is 0. The van der Waals surface area contributed by atoms with Gasteiger partial charge in [0.1, 0.15) is 0 Å². The SMILES string of the molecule is CC1=CC2=C(C=CC=CC2)C1(c1cccc2ccccc12)[Si](C)(Cl)C1(c2cccc3ccccc23)C(C)=CC2=C1C=CC=CC2. The Labute approximate surface area is 272 Å². The third-order valence-corrected chi connectivity index (χ3v) is 17.3. The Morgan fingerprint density at radius 2 is 0.978 bits per heavy atom. The quantitative estimate of drug-likeness (QED) is 0.158. The second-order valence-electron chi connectivity index (χ2n) is 13.1. The predicted molar refractivity (Wildman–Crippen MR) is 196 cm³/mol. The Balaban J connectivity index is 1.57. The molecule has 8 rings (SSSR count). The molecule has 0 radical (unpaired) electrons. The standard InChI is InChI=1S/C43H37ClSi/c1-30-28-34-18-6-4-8-24-38(34)42(30,40-26-14-20-32-16-10-12-22-36(32)40)45(3,44)43(31(2)29-35-19-7-5-9-25-39(35)43)41-27-15-21-33-17-11-13-23-37(33)41/h4-17,20-29H,18-19H2,1-3H3. The maximum Gasteiger partial charge on any atom is 0.191 e. The van der Waals surface area contributed by atoms with Crippen molar-refractivity contribution in [2.24, 2.45) is 0 Å². The van der Waals surface area contributed by atoms with Gasteiger partial charge in [-0.2, -0.15) is 11.1 Å². The van der Waals surface area contributed by atoms with Crippen LogP contribution in [-0.2, 0) is 10.1 Å². The number of halogens is 1. The number of allylic oxidation sites excluding steroid dienone is 16. The highest BCUT2D eigenvalue weighted by Crippen LogP contribution is 2.66. The minimum atomic E-state index is -3.18. The highest BCUT2D eigenvalue weighted by Gasteiger charge is 2.69. The average molecular weight is 617 g/mol. The molecule has 4 aromatic carbocycles. The summed E-state index contributed by atoms with van der Waals surface area (Å²) in [5.41, 5.74) is 10.8. The van der Waals surface area contributed by atoms with Crippen LogP contribution in [0.25, 0.3) is 21.5 Å². The largest absolute Gasteiger partial charge is 0.191 e. The Morgan fingerprint density at radius 1 is 0.556 bits per heavy atom. The lowest BCUT2D eigenvalue weighted by Crippen LogP contribution is -2.65. The molecule has 0 aliphatic heterocycles. The van der Waals surface area contributed by atoms with Crippen molar-refractivity contribution in [3.8, 4) is 0 Å². The Morgan fingerprint density at radius 3 is 1.44 bits per heavy atom. The van der Waals surface area contributed by atoms with E-state index in [0.29, 0.717) is 0 Å². The van der Waals surface area contributed by atoms with E-state index in [1.54, 1.807) is 0 Å². The lowest BCUT2D eigenvalue weighted by atomic mass is 9.82. The molecule has 0 N–H and O–H groups in total. The molecule has 0 aromatic heterocycles. The molecule has 4 aliphatic rings. The lowest BCUT2D eigenvalue weighted by Gasteiger charge is -2.55. The minimum absolute atomic E-state index is 0.505. The summed E-state index contributed by atoms with van der Waals surface area (Å²) < 4.78 is 0. The maximum atomic E-state index is 8.95. The second kappa shape index (κ2) is 10.4. The predicted octanol–water partition coefficient (Wildman–Crippen LogP) is 11.6. The van der Waals surface area contributed by atoms with Crippen molar-refractivity contribution >= 4 is 40.0 Å². The normalized spacial score (nSPS) is 25.2. The van der Waals surface area contributed by atoms with E-state index in [1.165, 1.54) is 66.1 Å². The minimum Gasteiger partial charge on any atom is -0.164 e. The molecule has 0 bridgehead atoms. The number of rotatable bonds is 4. The molecule has 0 nitrogen and oxygen atoms in total. The number of benzene rings is 4. The van der Waals surface area contributed by atoms with E-state index >= 15 is 0 Å². The summed E-state index contributed by atoms with van der Waals surface area (Å²) in [6.07, 6.45) is 24.9. The van der Waals surface area contributed by atoms with Crippen molar-refractivity contribution in [2.75, 3.05) is 0 Å². The van der Waals surface area contributed by atoms with Crippen molar-refractivity contribution in [3.63, 3.8) is 0 Å². The first-order chi connectivity index (χ1) is 21.9. The highest BCUT2D eigenvalue weighted by molar-refractivity contribution is 7.24. The first-order valence-electron chi connectivity index (χ1n) is 16.1. The molecule has 220 valence electrons. The molecule has 0 heterocycles. The van der Waals surface area contributed by atoms with Crippen molar-refractivity contribution in [2.45, 2.75) is 43.3 Å². The van der Waals surface area contributed by atoms with Gasteiger partial charge in [-0.1, -0.05) is 163 Å². The van der Waals surface area contributed by atoms with Crippen molar-refractivity contribution in [3.05, 3.63) is 190 Å². The van der Waals surface area contributed by atoms with E-state index in [0.717, 1.165) is 12.8 Å². The van der Waals surface area contributed by atoms with Gasteiger partial charge in [0.05, 0.1) is 10.1 Å². The molecule has 4 aromatic rings. The van der Waals surface area contributed by atoms with Crippen LogP contribution in [0, 0.1) is 0 Å². The van der Waals surface area contributed by atoms with Crippen LogP contribution in [0.15, 0.2) is 179 Å². The molecular weight excluding hydrogens is 580 g/mol. The molecule has 2 unspecified atom stereocenters. The Hall–Kier alpha value is -4.17. The van der Waals surface area contributed by atoms with Crippen LogP contribution in [0.4, 0.5) is 0 Å². The first kappa shape index (κ1) is 28.3. The van der Waals surface area contributed by atoms with Gasteiger partial charge in [0.2, 0.25) is 0 Å². The van der Waals surface area contributed by atoms with Crippen LogP contribution in [-0.4, -0.2) is 7.38 Å². The summed E-state index contributed by atoms with van der Waals surface area (Å²) in [5, 5.41) is 4.07. The van der Waals surface area contributed by atoms with Gasteiger partial charge in [-0.25, -0.2) is 0 Å². The zero-order chi connectivity index (χ0) is 30.8. The first-order valence-corrected chi connectivity index (χ1v) is 19.6. The molecule has 0 saturated carbocycles. The number of hydrogen-bond donors (Lipinski definition) is 0. The zero-order valence-electron chi connectivity index (χ0n) is 26.1. The summed E-state index contributed by atoms with van der Waals surface area (Å²) in [6.45, 7) is 7.19. The third-order valence-electron chi connectivity index (χ3n) is 11.0. The fraction of sp³-hybridized carbons (Fsp3) is 0.163. The lowest BCUT2D eigenvalue weighted by molar-refractivity contribution is 0.740. The summed E-state index contributed by atoms with van der Waals surface area (Å²) in [6, 6.07) is 31.5. The van der Waals surface area contributed by atoms with Crippen LogP contribution in [0.3, 0.4) is 0 Å². The summed E-state index contributed by atoms with van der Waals surface area (Å²) >= 11 is 8.95. The fourth-order valence-corrected chi connectivity index (χ4v) is 16.6. The highest BCUT2D eigenvalue weighted by atomic mass is 35.6. The Bertz CT molecular complexity index is 2000. The number of hydrogen-bond acceptors (Lipinski definition) is 0. The van der Waals surface area contributed by atoms with Crippen LogP contribution >= 0.6 is 11.1 Å². The molecule has 4 aliphatic carbocycles. The molecule has 0 amide bonds. The van der Waals surface area contributed by atoms with E-state index in [2.05, 4.69) is 166 Å². The van der Waals surface area contributed by atoms with Gasteiger partial charge in [-0.05, 0) is 81.7 Å². The second-order valence-corrected chi connectivity index (χ2v) is 18.8. The van der Waals surface area contributed by atoms with Gasteiger partial charge in [-0.15, -0.1) is 0 Å². The third kappa shape index (κ3) is 3.72. The van der Waals surface area contributed by atoms with E-state index in [9.17, 15) is 0 Å². The summed E-state index contributed by atoms with van der Waals surface area (Å²) in [7, 11) is -3.18.